The summed E-state index contributed by atoms with van der Waals surface area (Å²) in [6.07, 6.45) is 4.40. The maximum Gasteiger partial charge on any atom is 0.160 e. The van der Waals surface area contributed by atoms with E-state index in [0.717, 1.165) is 46.7 Å². The van der Waals surface area contributed by atoms with Crippen LogP contribution in [0.5, 0.6) is 0 Å². The molecule has 59 heavy (non-hydrogen) atoms. The van der Waals surface area contributed by atoms with E-state index in [0.29, 0.717) is 0 Å². The van der Waals surface area contributed by atoms with Crippen molar-refractivity contribution in [1.82, 2.24) is 9.97 Å². The van der Waals surface area contributed by atoms with Crippen molar-refractivity contribution in [3.05, 3.63) is 223 Å². The summed E-state index contributed by atoms with van der Waals surface area (Å²) in [5.41, 5.74) is 16.5. The van der Waals surface area contributed by atoms with Crippen LogP contribution < -0.4 is 0 Å². The van der Waals surface area contributed by atoms with Crippen molar-refractivity contribution < 1.29 is 0 Å². The van der Waals surface area contributed by atoms with Gasteiger partial charge in [-0.15, -0.1) is 11.3 Å². The topological polar surface area (TPSA) is 25.8 Å². The molecular formula is C56H38N2S. The van der Waals surface area contributed by atoms with Crippen LogP contribution in [-0.4, -0.2) is 9.97 Å². The van der Waals surface area contributed by atoms with Gasteiger partial charge in [0.25, 0.3) is 0 Å². The van der Waals surface area contributed by atoms with Gasteiger partial charge in [0.05, 0.1) is 11.4 Å². The van der Waals surface area contributed by atoms with E-state index >= 15 is 0 Å². The van der Waals surface area contributed by atoms with Gasteiger partial charge in [-0.05, 0) is 80.3 Å². The normalized spacial score (nSPS) is 13.3. The summed E-state index contributed by atoms with van der Waals surface area (Å²) in [5, 5.41) is 3.87. The molecular weight excluding hydrogens is 733 g/mol. The first-order valence-electron chi connectivity index (χ1n) is 20.3. The van der Waals surface area contributed by atoms with Crippen LogP contribution in [0.2, 0.25) is 0 Å². The number of fused-ring (bicyclic) bond motifs is 6. The minimum atomic E-state index is 0.720. The summed E-state index contributed by atoms with van der Waals surface area (Å²) in [6.45, 7) is 0. The minimum absolute atomic E-state index is 0.720. The van der Waals surface area contributed by atoms with Gasteiger partial charge in [0.2, 0.25) is 0 Å². The molecule has 0 spiro atoms. The summed E-state index contributed by atoms with van der Waals surface area (Å²) in [5.74, 6) is 0.720. The molecule has 278 valence electrons. The SMILES string of the molecule is C1=C(/c2ccc(-c3cccc4ccccc34)cc2)c2c(sc3ccccc23)-c2ccc(-c3ccc(-c4nc(-c5ccccc5)cc(-c5ccccc5)n4)cc3)cc2CC/1. The molecule has 0 fully saturated rings. The summed E-state index contributed by atoms with van der Waals surface area (Å²) in [7, 11) is 0. The molecule has 10 aromatic rings. The molecule has 11 rings (SSSR count). The highest BCUT2D eigenvalue weighted by Crippen LogP contribution is 2.47. The second kappa shape index (κ2) is 14.9. The van der Waals surface area contributed by atoms with Crippen molar-refractivity contribution in [3.63, 3.8) is 0 Å². The first-order chi connectivity index (χ1) is 29.2. The Morgan fingerprint density at radius 2 is 1.00 bits per heavy atom. The van der Waals surface area contributed by atoms with Crippen LogP contribution in [0.25, 0.3) is 93.0 Å². The van der Waals surface area contributed by atoms with E-state index in [9.17, 15) is 0 Å². The Labute approximate surface area is 348 Å². The molecule has 0 N–H and O–H groups in total. The first kappa shape index (κ1) is 35.0. The molecule has 8 aromatic carbocycles. The van der Waals surface area contributed by atoms with E-state index in [1.54, 1.807) is 0 Å². The number of hydrogen-bond acceptors (Lipinski definition) is 3. The summed E-state index contributed by atoms with van der Waals surface area (Å²) in [6, 6.07) is 72.0. The van der Waals surface area contributed by atoms with Crippen molar-refractivity contribution in [2.24, 2.45) is 0 Å². The van der Waals surface area contributed by atoms with Crippen molar-refractivity contribution in [3.8, 4) is 66.6 Å². The lowest BCUT2D eigenvalue weighted by Crippen LogP contribution is -1.98. The lowest BCUT2D eigenvalue weighted by atomic mass is 9.86. The Hall–Kier alpha value is -7.20. The van der Waals surface area contributed by atoms with Crippen LogP contribution in [0, 0.1) is 0 Å². The lowest BCUT2D eigenvalue weighted by molar-refractivity contribution is 1.00. The molecule has 2 heterocycles. The molecule has 0 unspecified atom stereocenters. The second-order valence-corrected chi connectivity index (χ2v) is 16.3. The summed E-state index contributed by atoms with van der Waals surface area (Å²) in [4.78, 5) is 11.5. The molecule has 0 atom stereocenters. The standard InChI is InChI=1S/C56H38N2S/c1-3-14-41(15-4-1)51-36-52(42-16-5-2-6-17-42)58-56(57-51)43-31-25-37(26-32-43)44-33-34-49-45(35-44)19-12-23-48(54-50-21-9-10-24-53(50)59-55(49)54)40-29-27-39(28-30-40)47-22-11-18-38-13-7-8-20-46(38)47/h1-11,13-18,20-36H,12,19H2/b48-23-. The molecule has 0 amide bonds. The maximum atomic E-state index is 5.06. The van der Waals surface area contributed by atoms with Crippen LogP contribution >= 0.6 is 11.3 Å². The molecule has 2 aromatic heterocycles. The average molecular weight is 771 g/mol. The maximum absolute atomic E-state index is 5.06. The van der Waals surface area contributed by atoms with E-state index in [2.05, 4.69) is 194 Å². The van der Waals surface area contributed by atoms with Crippen molar-refractivity contribution in [2.75, 3.05) is 0 Å². The number of rotatable bonds is 6. The van der Waals surface area contributed by atoms with Gasteiger partial charge in [0.15, 0.2) is 5.82 Å². The van der Waals surface area contributed by atoms with Gasteiger partial charge in [-0.25, -0.2) is 9.97 Å². The van der Waals surface area contributed by atoms with E-state index < -0.39 is 0 Å². The van der Waals surface area contributed by atoms with Crippen LogP contribution in [0.1, 0.15) is 23.1 Å². The third-order valence-corrected chi connectivity index (χ3v) is 12.8. The van der Waals surface area contributed by atoms with E-state index in [1.165, 1.54) is 75.8 Å². The van der Waals surface area contributed by atoms with Gasteiger partial charge in [-0.1, -0.05) is 194 Å². The fourth-order valence-electron chi connectivity index (χ4n) is 8.65. The van der Waals surface area contributed by atoms with Crippen LogP contribution in [0.4, 0.5) is 0 Å². The lowest BCUT2D eigenvalue weighted by Gasteiger charge is -2.18. The minimum Gasteiger partial charge on any atom is -0.228 e. The van der Waals surface area contributed by atoms with Crippen molar-refractivity contribution in [2.45, 2.75) is 12.8 Å². The fourth-order valence-corrected chi connectivity index (χ4v) is 9.93. The third-order valence-electron chi connectivity index (χ3n) is 11.6. The second-order valence-electron chi connectivity index (χ2n) is 15.2. The van der Waals surface area contributed by atoms with Crippen LogP contribution in [0.3, 0.4) is 0 Å². The number of nitrogens with zero attached hydrogens (tertiary/aromatic N) is 2. The quantitative estimate of drug-likeness (QED) is 0.168. The van der Waals surface area contributed by atoms with E-state index in [4.69, 9.17) is 9.97 Å². The third kappa shape index (κ3) is 6.56. The predicted octanol–water partition coefficient (Wildman–Crippen LogP) is 15.2. The average Bonchev–Trinajstić information content (AvgIpc) is 3.68. The zero-order valence-corrected chi connectivity index (χ0v) is 33.2. The Kier molecular flexibility index (Phi) is 8.87. The fraction of sp³-hybridized carbons (Fsp3) is 0.0357. The Morgan fingerprint density at radius 3 is 1.75 bits per heavy atom. The monoisotopic (exact) mass is 770 g/mol. The van der Waals surface area contributed by atoms with Gasteiger partial charge < -0.3 is 0 Å². The van der Waals surface area contributed by atoms with Gasteiger partial charge in [-0.2, -0.15) is 0 Å². The molecule has 3 heteroatoms. The number of hydrogen-bond donors (Lipinski definition) is 0. The number of allylic oxidation sites excluding steroid dienone is 1. The van der Waals surface area contributed by atoms with Gasteiger partial charge in [0.1, 0.15) is 0 Å². The summed E-state index contributed by atoms with van der Waals surface area (Å²) < 4.78 is 1.32. The highest BCUT2D eigenvalue weighted by molar-refractivity contribution is 7.22. The molecule has 0 aliphatic heterocycles. The Morgan fingerprint density at radius 1 is 0.407 bits per heavy atom. The molecule has 1 aliphatic rings. The summed E-state index contributed by atoms with van der Waals surface area (Å²) >= 11 is 1.91. The number of benzene rings is 8. The highest BCUT2D eigenvalue weighted by atomic mass is 32.1. The molecule has 0 saturated carbocycles. The Bertz CT molecular complexity index is 3120. The zero-order valence-electron chi connectivity index (χ0n) is 32.3. The number of aryl methyl sites for hydroxylation is 1. The first-order valence-corrected chi connectivity index (χ1v) is 21.1. The number of aromatic nitrogens is 2. The molecule has 2 nitrogen and oxygen atoms in total. The van der Waals surface area contributed by atoms with E-state index in [1.807, 2.05) is 23.5 Å². The smallest absolute Gasteiger partial charge is 0.160 e. The molecule has 1 aliphatic carbocycles. The van der Waals surface area contributed by atoms with Crippen molar-refractivity contribution >= 4 is 37.8 Å². The molecule has 0 bridgehead atoms. The van der Waals surface area contributed by atoms with Gasteiger partial charge in [-0.3, -0.25) is 0 Å². The van der Waals surface area contributed by atoms with Crippen LogP contribution in [-0.2, 0) is 6.42 Å². The predicted molar refractivity (Wildman–Crippen MR) is 249 cm³/mol. The van der Waals surface area contributed by atoms with E-state index in [-0.39, 0.29) is 0 Å². The van der Waals surface area contributed by atoms with Gasteiger partial charge in [0, 0.05) is 37.2 Å². The Balaban J connectivity index is 0.939. The van der Waals surface area contributed by atoms with Crippen molar-refractivity contribution in [1.29, 1.82) is 0 Å². The molecule has 0 saturated heterocycles. The highest BCUT2D eigenvalue weighted by Gasteiger charge is 2.23. The largest absolute Gasteiger partial charge is 0.228 e. The van der Waals surface area contributed by atoms with Crippen LogP contribution in [0.15, 0.2) is 206 Å². The number of thiophene rings is 1. The molecule has 0 radical (unpaired) electrons. The zero-order chi connectivity index (χ0) is 39.1. The van der Waals surface area contributed by atoms with Gasteiger partial charge >= 0.3 is 0 Å².